The summed E-state index contributed by atoms with van der Waals surface area (Å²) in [6.45, 7) is 0. The van der Waals surface area contributed by atoms with Gasteiger partial charge in [0.1, 0.15) is 11.3 Å². The van der Waals surface area contributed by atoms with Gasteiger partial charge in [-0.3, -0.25) is 4.79 Å². The standard InChI is InChI=1S/C12H10F3N3O2/c1-18-5-4-17-10(11(18)19)20-9-3-2-7(16)6-8(9)12(13,14)15/h2-6H,16H2,1H3. The largest absolute Gasteiger partial charge is 0.434 e. The highest BCUT2D eigenvalue weighted by Crippen LogP contribution is 2.38. The summed E-state index contributed by atoms with van der Waals surface area (Å²) in [6.07, 6.45) is -2.03. The summed E-state index contributed by atoms with van der Waals surface area (Å²) in [6, 6.07) is 3.03. The number of aryl methyl sites for hydroxylation is 1. The minimum Gasteiger partial charge on any atom is -0.434 e. The summed E-state index contributed by atoms with van der Waals surface area (Å²) in [4.78, 5) is 15.3. The maximum absolute atomic E-state index is 12.9. The van der Waals surface area contributed by atoms with Gasteiger partial charge in [-0.05, 0) is 18.2 Å². The fourth-order valence-electron chi connectivity index (χ4n) is 1.51. The lowest BCUT2D eigenvalue weighted by atomic mass is 10.1. The molecule has 1 aromatic carbocycles. The molecule has 0 aliphatic carbocycles. The first-order chi connectivity index (χ1) is 9.29. The average Bonchev–Trinajstić information content (AvgIpc) is 2.36. The Morgan fingerprint density at radius 2 is 2.05 bits per heavy atom. The summed E-state index contributed by atoms with van der Waals surface area (Å²) in [5.74, 6) is -0.965. The van der Waals surface area contributed by atoms with E-state index in [0.717, 1.165) is 16.7 Å². The molecule has 0 fully saturated rings. The van der Waals surface area contributed by atoms with Crippen LogP contribution in [0.3, 0.4) is 0 Å². The molecular formula is C12H10F3N3O2. The van der Waals surface area contributed by atoms with E-state index in [0.29, 0.717) is 0 Å². The minimum atomic E-state index is -4.65. The monoisotopic (exact) mass is 285 g/mol. The number of anilines is 1. The molecule has 0 spiro atoms. The maximum atomic E-state index is 12.9. The van der Waals surface area contributed by atoms with Crippen molar-refractivity contribution in [1.29, 1.82) is 0 Å². The van der Waals surface area contributed by atoms with Crippen molar-refractivity contribution in [2.75, 3.05) is 5.73 Å². The van der Waals surface area contributed by atoms with E-state index >= 15 is 0 Å². The van der Waals surface area contributed by atoms with Crippen molar-refractivity contribution >= 4 is 5.69 Å². The maximum Gasteiger partial charge on any atom is 0.420 e. The second kappa shape index (κ2) is 4.87. The van der Waals surface area contributed by atoms with E-state index in [2.05, 4.69) is 4.98 Å². The second-order valence-electron chi connectivity index (χ2n) is 4.00. The van der Waals surface area contributed by atoms with E-state index in [1.165, 1.54) is 25.5 Å². The Bertz CT molecular complexity index is 695. The smallest absolute Gasteiger partial charge is 0.420 e. The van der Waals surface area contributed by atoms with E-state index in [9.17, 15) is 18.0 Å². The molecule has 8 heteroatoms. The third kappa shape index (κ3) is 2.73. The van der Waals surface area contributed by atoms with E-state index in [1.54, 1.807) is 0 Å². The lowest BCUT2D eigenvalue weighted by molar-refractivity contribution is -0.138. The Balaban J connectivity index is 2.49. The number of benzene rings is 1. The molecule has 0 bridgehead atoms. The number of hydrogen-bond acceptors (Lipinski definition) is 4. The number of nitrogens with two attached hydrogens (primary N) is 1. The Kier molecular flexibility index (Phi) is 3.39. The highest BCUT2D eigenvalue weighted by Gasteiger charge is 2.35. The molecule has 0 amide bonds. The molecule has 0 saturated carbocycles. The number of hydrogen-bond donors (Lipinski definition) is 1. The number of rotatable bonds is 2. The Morgan fingerprint density at radius 1 is 1.35 bits per heavy atom. The van der Waals surface area contributed by atoms with Crippen LogP contribution in [0.5, 0.6) is 11.6 Å². The van der Waals surface area contributed by atoms with Crippen molar-refractivity contribution in [1.82, 2.24) is 9.55 Å². The Hall–Kier alpha value is -2.51. The number of nitrogens with zero attached hydrogens (tertiary/aromatic N) is 2. The van der Waals surface area contributed by atoms with Crippen molar-refractivity contribution in [3.63, 3.8) is 0 Å². The molecule has 1 heterocycles. The van der Waals surface area contributed by atoms with Crippen LogP contribution in [0.25, 0.3) is 0 Å². The van der Waals surface area contributed by atoms with Crippen LogP contribution in [0.2, 0.25) is 0 Å². The topological polar surface area (TPSA) is 70.1 Å². The molecule has 0 unspecified atom stereocenters. The zero-order valence-electron chi connectivity index (χ0n) is 10.3. The first-order valence-corrected chi connectivity index (χ1v) is 5.45. The van der Waals surface area contributed by atoms with E-state index in [-0.39, 0.29) is 5.69 Å². The summed E-state index contributed by atoms with van der Waals surface area (Å²) in [7, 11) is 1.44. The van der Waals surface area contributed by atoms with Gasteiger partial charge in [0.05, 0.1) is 0 Å². The predicted molar refractivity (Wildman–Crippen MR) is 65.4 cm³/mol. The van der Waals surface area contributed by atoms with Gasteiger partial charge in [0.15, 0.2) is 0 Å². The molecule has 0 saturated heterocycles. The van der Waals surface area contributed by atoms with Gasteiger partial charge < -0.3 is 15.0 Å². The first-order valence-electron chi connectivity index (χ1n) is 5.45. The molecule has 2 N–H and O–H groups in total. The molecule has 106 valence electrons. The highest BCUT2D eigenvalue weighted by atomic mass is 19.4. The first kappa shape index (κ1) is 13.9. The second-order valence-corrected chi connectivity index (χ2v) is 4.00. The number of halogens is 3. The van der Waals surface area contributed by atoms with Crippen molar-refractivity contribution in [3.8, 4) is 11.6 Å². The van der Waals surface area contributed by atoms with Crippen molar-refractivity contribution in [3.05, 3.63) is 46.5 Å². The minimum absolute atomic E-state index is 0.0569. The summed E-state index contributed by atoms with van der Waals surface area (Å²) in [5, 5.41) is 0. The van der Waals surface area contributed by atoms with Crippen molar-refractivity contribution in [2.45, 2.75) is 6.18 Å². The third-order valence-corrected chi connectivity index (χ3v) is 2.50. The molecular weight excluding hydrogens is 275 g/mol. The van der Waals surface area contributed by atoms with Gasteiger partial charge in [-0.2, -0.15) is 13.2 Å². The molecule has 2 rings (SSSR count). The van der Waals surface area contributed by atoms with E-state index in [4.69, 9.17) is 10.5 Å². The molecule has 20 heavy (non-hydrogen) atoms. The van der Waals surface area contributed by atoms with Crippen LogP contribution in [0.1, 0.15) is 5.56 Å². The fourth-order valence-corrected chi connectivity index (χ4v) is 1.51. The van der Waals surface area contributed by atoms with Crippen LogP contribution in [0, 0.1) is 0 Å². The molecule has 1 aromatic heterocycles. The molecule has 2 aromatic rings. The van der Waals surface area contributed by atoms with Gasteiger partial charge in [0.2, 0.25) is 0 Å². The van der Waals surface area contributed by atoms with Crippen molar-refractivity contribution in [2.24, 2.45) is 7.05 Å². The predicted octanol–water partition coefficient (Wildman–Crippen LogP) is 2.17. The molecule has 0 radical (unpaired) electrons. The Morgan fingerprint density at radius 3 is 2.70 bits per heavy atom. The van der Waals surface area contributed by atoms with Crippen LogP contribution < -0.4 is 16.0 Å². The quantitative estimate of drug-likeness (QED) is 0.858. The van der Waals surface area contributed by atoms with Crippen LogP contribution in [-0.4, -0.2) is 9.55 Å². The fraction of sp³-hybridized carbons (Fsp3) is 0.167. The number of nitrogen functional groups attached to an aromatic ring is 1. The zero-order valence-corrected chi connectivity index (χ0v) is 10.3. The Labute approximate surface area is 111 Å². The van der Waals surface area contributed by atoms with Gasteiger partial charge in [-0.1, -0.05) is 0 Å². The summed E-state index contributed by atoms with van der Waals surface area (Å²) in [5.41, 5.74) is 3.57. The van der Waals surface area contributed by atoms with Crippen LogP contribution in [0.15, 0.2) is 35.4 Å². The third-order valence-electron chi connectivity index (χ3n) is 2.50. The van der Waals surface area contributed by atoms with E-state index < -0.39 is 28.9 Å². The van der Waals surface area contributed by atoms with Gasteiger partial charge in [0.25, 0.3) is 5.88 Å². The van der Waals surface area contributed by atoms with Crippen LogP contribution in [-0.2, 0) is 13.2 Å². The number of aromatic nitrogens is 2. The SMILES string of the molecule is Cn1ccnc(Oc2ccc(N)cc2C(F)(F)F)c1=O. The lowest BCUT2D eigenvalue weighted by Crippen LogP contribution is -2.19. The molecule has 0 aliphatic rings. The van der Waals surface area contributed by atoms with Crippen LogP contribution in [0.4, 0.5) is 18.9 Å². The van der Waals surface area contributed by atoms with Gasteiger partial charge in [-0.15, -0.1) is 0 Å². The summed E-state index contributed by atoms with van der Waals surface area (Å²) < 4.78 is 44.7. The van der Waals surface area contributed by atoms with Gasteiger partial charge in [0, 0.05) is 25.1 Å². The number of alkyl halides is 3. The average molecular weight is 285 g/mol. The van der Waals surface area contributed by atoms with Gasteiger partial charge >= 0.3 is 11.7 Å². The molecule has 5 nitrogen and oxygen atoms in total. The van der Waals surface area contributed by atoms with Crippen LogP contribution >= 0.6 is 0 Å². The van der Waals surface area contributed by atoms with Crippen molar-refractivity contribution < 1.29 is 17.9 Å². The molecule has 0 atom stereocenters. The summed E-state index contributed by atoms with van der Waals surface area (Å²) >= 11 is 0. The lowest BCUT2D eigenvalue weighted by Gasteiger charge is -2.13. The zero-order chi connectivity index (χ0) is 14.9. The molecule has 0 aliphatic heterocycles. The number of ether oxygens (including phenoxy) is 1. The normalized spacial score (nSPS) is 11.4. The highest BCUT2D eigenvalue weighted by molar-refractivity contribution is 5.49. The van der Waals surface area contributed by atoms with E-state index in [1.807, 2.05) is 0 Å². The van der Waals surface area contributed by atoms with Gasteiger partial charge in [-0.25, -0.2) is 4.98 Å².